The number of amides is 1. The van der Waals surface area contributed by atoms with Gasteiger partial charge in [0.25, 0.3) is 5.91 Å². The summed E-state index contributed by atoms with van der Waals surface area (Å²) in [6.45, 7) is 10.2. The van der Waals surface area contributed by atoms with Crippen LogP contribution in [0.15, 0.2) is 36.4 Å². The van der Waals surface area contributed by atoms with Crippen molar-refractivity contribution in [2.24, 2.45) is 0 Å². The van der Waals surface area contributed by atoms with Gasteiger partial charge in [0.15, 0.2) is 16.6 Å². The van der Waals surface area contributed by atoms with Gasteiger partial charge in [0.05, 0.1) is 16.8 Å². The van der Waals surface area contributed by atoms with Gasteiger partial charge in [-0.25, -0.2) is 4.98 Å². The molecule has 8 heteroatoms. The van der Waals surface area contributed by atoms with Gasteiger partial charge in [-0.2, -0.15) is 0 Å². The van der Waals surface area contributed by atoms with E-state index in [0.717, 1.165) is 41.3 Å². The molecule has 2 aromatic carbocycles. The first kappa shape index (κ1) is 21.4. The summed E-state index contributed by atoms with van der Waals surface area (Å²) in [6, 6.07) is 11.1. The molecule has 31 heavy (non-hydrogen) atoms. The van der Waals surface area contributed by atoms with Crippen molar-refractivity contribution in [1.29, 1.82) is 0 Å². The molecule has 4 rings (SSSR count). The Labute approximate surface area is 186 Å². The highest BCUT2D eigenvalue weighted by Gasteiger charge is 2.24. The molecule has 0 spiro atoms. The molecule has 0 bridgehead atoms. The van der Waals surface area contributed by atoms with Gasteiger partial charge >= 0.3 is 0 Å². The first-order chi connectivity index (χ1) is 15.1. The van der Waals surface area contributed by atoms with E-state index in [9.17, 15) is 4.79 Å². The normalized spacial score (nSPS) is 12.5. The Kier molecular flexibility index (Phi) is 6.58. The van der Waals surface area contributed by atoms with Gasteiger partial charge in [0, 0.05) is 30.8 Å². The largest absolute Gasteiger partial charge is 0.494 e. The molecule has 7 nitrogen and oxygen atoms in total. The molecule has 0 fully saturated rings. The van der Waals surface area contributed by atoms with E-state index >= 15 is 0 Å². The van der Waals surface area contributed by atoms with E-state index in [0.29, 0.717) is 29.6 Å². The van der Waals surface area contributed by atoms with Crippen LogP contribution in [-0.4, -0.2) is 55.4 Å². The quantitative estimate of drug-likeness (QED) is 0.490. The standard InChI is InChI=1S/C23H27N3O4S/c1-4-25(5-2)11-12-26(22(27)16-7-9-17(10-8-16)28-6-3)23-24-18-13-19-20(30-15-29-19)14-21(18)31-23/h7-10,13-14H,4-6,11-12,15H2,1-3H3. The van der Waals surface area contributed by atoms with Gasteiger partial charge in [-0.05, 0) is 44.3 Å². The number of carbonyl (C=O) groups is 1. The molecule has 0 saturated heterocycles. The lowest BCUT2D eigenvalue weighted by atomic mass is 10.2. The summed E-state index contributed by atoms with van der Waals surface area (Å²) < 4.78 is 17.4. The number of hydrogen-bond acceptors (Lipinski definition) is 7. The fourth-order valence-electron chi connectivity index (χ4n) is 3.50. The number of likely N-dealkylation sites (N-methyl/N-ethyl adjacent to an activating group) is 1. The van der Waals surface area contributed by atoms with E-state index in [-0.39, 0.29) is 12.7 Å². The maximum Gasteiger partial charge on any atom is 0.260 e. The summed E-state index contributed by atoms with van der Waals surface area (Å²) in [6.07, 6.45) is 0. The molecular formula is C23H27N3O4S. The second-order valence-electron chi connectivity index (χ2n) is 7.11. The monoisotopic (exact) mass is 441 g/mol. The lowest BCUT2D eigenvalue weighted by molar-refractivity contribution is 0.0983. The van der Waals surface area contributed by atoms with Gasteiger partial charge in [-0.15, -0.1) is 0 Å². The second kappa shape index (κ2) is 9.53. The predicted molar refractivity (Wildman–Crippen MR) is 123 cm³/mol. The minimum Gasteiger partial charge on any atom is -0.494 e. The minimum absolute atomic E-state index is 0.0747. The highest BCUT2D eigenvalue weighted by molar-refractivity contribution is 7.22. The SMILES string of the molecule is CCOc1ccc(C(=O)N(CCN(CC)CC)c2nc3cc4c(cc3s2)OCO4)cc1. The number of aromatic nitrogens is 1. The Morgan fingerprint density at radius 1 is 1.06 bits per heavy atom. The third-order valence-corrected chi connectivity index (χ3v) is 6.34. The molecule has 0 atom stereocenters. The molecule has 0 radical (unpaired) electrons. The zero-order valence-corrected chi connectivity index (χ0v) is 18.9. The molecule has 0 unspecified atom stereocenters. The third kappa shape index (κ3) is 4.60. The average molecular weight is 442 g/mol. The van der Waals surface area contributed by atoms with Crippen molar-refractivity contribution < 1.29 is 19.0 Å². The molecule has 0 N–H and O–H groups in total. The van der Waals surface area contributed by atoms with Gasteiger partial charge < -0.3 is 19.1 Å². The Morgan fingerprint density at radius 3 is 2.45 bits per heavy atom. The van der Waals surface area contributed by atoms with Crippen molar-refractivity contribution in [2.45, 2.75) is 20.8 Å². The van der Waals surface area contributed by atoms with Crippen molar-refractivity contribution in [2.75, 3.05) is 44.5 Å². The zero-order chi connectivity index (χ0) is 21.8. The first-order valence-corrected chi connectivity index (χ1v) is 11.4. The summed E-state index contributed by atoms with van der Waals surface area (Å²) >= 11 is 1.49. The molecule has 0 saturated carbocycles. The predicted octanol–water partition coefficient (Wildman–Crippen LogP) is 4.41. The van der Waals surface area contributed by atoms with Gasteiger partial charge in [-0.1, -0.05) is 25.2 Å². The van der Waals surface area contributed by atoms with Crippen LogP contribution in [0.4, 0.5) is 5.13 Å². The smallest absolute Gasteiger partial charge is 0.260 e. The fourth-order valence-corrected chi connectivity index (χ4v) is 4.50. The van der Waals surface area contributed by atoms with Crippen LogP contribution in [0.1, 0.15) is 31.1 Å². The molecular weight excluding hydrogens is 414 g/mol. The third-order valence-electron chi connectivity index (χ3n) is 5.29. The van der Waals surface area contributed by atoms with Gasteiger partial charge in [0.1, 0.15) is 5.75 Å². The number of benzene rings is 2. The van der Waals surface area contributed by atoms with Crippen molar-refractivity contribution in [3.63, 3.8) is 0 Å². The van der Waals surface area contributed by atoms with Crippen molar-refractivity contribution in [1.82, 2.24) is 9.88 Å². The number of carbonyl (C=O) groups excluding carboxylic acids is 1. The van der Waals surface area contributed by atoms with E-state index in [1.807, 2.05) is 31.2 Å². The topological polar surface area (TPSA) is 64.1 Å². The van der Waals surface area contributed by atoms with Crippen LogP contribution in [0, 0.1) is 0 Å². The Morgan fingerprint density at radius 2 is 1.77 bits per heavy atom. The van der Waals surface area contributed by atoms with Crippen LogP contribution in [0.5, 0.6) is 17.2 Å². The second-order valence-corrected chi connectivity index (χ2v) is 8.12. The van der Waals surface area contributed by atoms with E-state index < -0.39 is 0 Å². The lowest BCUT2D eigenvalue weighted by Gasteiger charge is -2.24. The Hall–Kier alpha value is -2.84. The number of nitrogens with zero attached hydrogens (tertiary/aromatic N) is 3. The Balaban J connectivity index is 1.65. The fraction of sp³-hybridized carbons (Fsp3) is 0.391. The highest BCUT2D eigenvalue weighted by Crippen LogP contribution is 2.40. The summed E-state index contributed by atoms with van der Waals surface area (Å²) in [7, 11) is 0. The molecule has 1 amide bonds. The number of fused-ring (bicyclic) bond motifs is 2. The number of hydrogen-bond donors (Lipinski definition) is 0. The van der Waals surface area contributed by atoms with E-state index in [2.05, 4.69) is 18.7 Å². The van der Waals surface area contributed by atoms with Crippen LogP contribution in [-0.2, 0) is 0 Å². The number of thiazole rings is 1. The number of anilines is 1. The molecule has 1 aromatic heterocycles. The molecule has 164 valence electrons. The number of rotatable bonds is 9. The summed E-state index contributed by atoms with van der Waals surface area (Å²) in [5.74, 6) is 2.09. The maximum atomic E-state index is 13.5. The van der Waals surface area contributed by atoms with Crippen molar-refractivity contribution in [3.8, 4) is 17.2 Å². The van der Waals surface area contributed by atoms with E-state index in [1.54, 1.807) is 17.0 Å². The minimum atomic E-state index is -0.0747. The van der Waals surface area contributed by atoms with Crippen LogP contribution in [0.3, 0.4) is 0 Å². The molecule has 1 aliphatic heterocycles. The first-order valence-electron chi connectivity index (χ1n) is 10.6. The lowest BCUT2D eigenvalue weighted by Crippen LogP contribution is -2.38. The maximum absolute atomic E-state index is 13.5. The number of ether oxygens (including phenoxy) is 3. The Bertz CT molecular complexity index is 1010. The molecule has 1 aliphatic rings. The van der Waals surface area contributed by atoms with Crippen LogP contribution in [0.2, 0.25) is 0 Å². The highest BCUT2D eigenvalue weighted by atomic mass is 32.1. The molecule has 0 aliphatic carbocycles. The van der Waals surface area contributed by atoms with Crippen LogP contribution >= 0.6 is 11.3 Å². The van der Waals surface area contributed by atoms with Gasteiger partial charge in [0.2, 0.25) is 6.79 Å². The molecule has 2 heterocycles. The zero-order valence-electron chi connectivity index (χ0n) is 18.1. The molecule has 3 aromatic rings. The van der Waals surface area contributed by atoms with Crippen molar-refractivity contribution >= 4 is 32.6 Å². The summed E-state index contributed by atoms with van der Waals surface area (Å²) in [4.78, 5) is 22.3. The van der Waals surface area contributed by atoms with Crippen LogP contribution < -0.4 is 19.1 Å². The summed E-state index contributed by atoms with van der Waals surface area (Å²) in [5, 5.41) is 0.671. The van der Waals surface area contributed by atoms with Gasteiger partial charge in [-0.3, -0.25) is 9.69 Å². The van der Waals surface area contributed by atoms with Crippen LogP contribution in [0.25, 0.3) is 10.2 Å². The average Bonchev–Trinajstić information content (AvgIpc) is 3.41. The van der Waals surface area contributed by atoms with E-state index in [1.165, 1.54) is 11.3 Å². The summed E-state index contributed by atoms with van der Waals surface area (Å²) in [5.41, 5.74) is 1.41. The van der Waals surface area contributed by atoms with Crippen molar-refractivity contribution in [3.05, 3.63) is 42.0 Å². The van der Waals surface area contributed by atoms with E-state index in [4.69, 9.17) is 19.2 Å².